The number of methoxy groups -OCH3 is 1. The molecule has 1 unspecified atom stereocenters. The maximum atomic E-state index is 12.3. The molecule has 0 spiro atoms. The molecule has 3 rings (SSSR count). The minimum absolute atomic E-state index is 0.175. The minimum atomic E-state index is -3.70. The van der Waals surface area contributed by atoms with E-state index in [1.54, 1.807) is 31.4 Å². The van der Waals surface area contributed by atoms with Crippen LogP contribution in [-0.2, 0) is 27.1 Å². The van der Waals surface area contributed by atoms with Gasteiger partial charge in [0.1, 0.15) is 5.75 Å². The SMILES string of the molecule is COc1cccc2c1CC(COS(=O)(=O)c1ccc(C)cc1)CC2. The summed E-state index contributed by atoms with van der Waals surface area (Å²) < 4.78 is 35.4. The summed E-state index contributed by atoms with van der Waals surface area (Å²) in [6.45, 7) is 2.12. The van der Waals surface area contributed by atoms with E-state index in [1.165, 1.54) is 11.1 Å². The molecule has 0 saturated carbocycles. The Morgan fingerprint density at radius 3 is 2.58 bits per heavy atom. The third-order valence-electron chi connectivity index (χ3n) is 4.53. The normalized spacial score (nSPS) is 17.3. The van der Waals surface area contributed by atoms with Crippen molar-refractivity contribution < 1.29 is 17.3 Å². The Morgan fingerprint density at radius 1 is 1.12 bits per heavy atom. The molecule has 4 nitrogen and oxygen atoms in total. The molecule has 0 heterocycles. The Kier molecular flexibility index (Phi) is 4.92. The van der Waals surface area contributed by atoms with Crippen molar-refractivity contribution in [2.45, 2.75) is 31.1 Å². The van der Waals surface area contributed by atoms with Crippen LogP contribution in [0.3, 0.4) is 0 Å². The van der Waals surface area contributed by atoms with E-state index in [0.717, 1.165) is 30.6 Å². The van der Waals surface area contributed by atoms with Crippen LogP contribution >= 0.6 is 0 Å². The van der Waals surface area contributed by atoms with Gasteiger partial charge in [0.25, 0.3) is 10.1 Å². The van der Waals surface area contributed by atoms with Gasteiger partial charge in [0.05, 0.1) is 18.6 Å². The fourth-order valence-corrected chi connectivity index (χ4v) is 4.10. The van der Waals surface area contributed by atoms with Gasteiger partial charge in [-0.15, -0.1) is 0 Å². The highest BCUT2D eigenvalue weighted by Crippen LogP contribution is 2.32. The van der Waals surface area contributed by atoms with Crippen LogP contribution in [0.4, 0.5) is 0 Å². The van der Waals surface area contributed by atoms with Crippen LogP contribution in [0.15, 0.2) is 47.4 Å². The van der Waals surface area contributed by atoms with Crippen LogP contribution < -0.4 is 4.74 Å². The number of aryl methyl sites for hydroxylation is 2. The van der Waals surface area contributed by atoms with Crippen LogP contribution in [0.2, 0.25) is 0 Å². The van der Waals surface area contributed by atoms with Gasteiger partial charge in [0, 0.05) is 0 Å². The van der Waals surface area contributed by atoms with E-state index in [-0.39, 0.29) is 17.4 Å². The molecule has 24 heavy (non-hydrogen) atoms. The highest BCUT2D eigenvalue weighted by molar-refractivity contribution is 7.86. The molecule has 1 atom stereocenters. The summed E-state index contributed by atoms with van der Waals surface area (Å²) in [5.74, 6) is 1.05. The van der Waals surface area contributed by atoms with E-state index in [9.17, 15) is 8.42 Å². The second-order valence-electron chi connectivity index (χ2n) is 6.26. The largest absolute Gasteiger partial charge is 0.496 e. The zero-order valence-corrected chi connectivity index (χ0v) is 14.8. The topological polar surface area (TPSA) is 52.6 Å². The molecule has 5 heteroatoms. The molecule has 0 fully saturated rings. The smallest absolute Gasteiger partial charge is 0.296 e. The molecule has 0 bridgehead atoms. The summed E-state index contributed by atoms with van der Waals surface area (Å²) in [6, 6.07) is 12.8. The van der Waals surface area contributed by atoms with Crippen LogP contribution in [-0.4, -0.2) is 22.1 Å². The van der Waals surface area contributed by atoms with E-state index in [4.69, 9.17) is 8.92 Å². The van der Waals surface area contributed by atoms with Crippen LogP contribution in [0.25, 0.3) is 0 Å². The van der Waals surface area contributed by atoms with Gasteiger partial charge in [-0.1, -0.05) is 29.8 Å². The fraction of sp³-hybridized carbons (Fsp3) is 0.368. The first kappa shape index (κ1) is 17.0. The van der Waals surface area contributed by atoms with Gasteiger partial charge in [-0.2, -0.15) is 8.42 Å². The average Bonchev–Trinajstić information content (AvgIpc) is 2.59. The van der Waals surface area contributed by atoms with Crippen LogP contribution in [0.1, 0.15) is 23.1 Å². The fourth-order valence-electron chi connectivity index (χ4n) is 3.12. The first-order valence-electron chi connectivity index (χ1n) is 8.10. The maximum Gasteiger partial charge on any atom is 0.296 e. The molecule has 0 radical (unpaired) electrons. The van der Waals surface area contributed by atoms with Crippen molar-refractivity contribution in [3.05, 3.63) is 59.2 Å². The number of hydrogen-bond acceptors (Lipinski definition) is 4. The molecule has 0 aromatic heterocycles. The zero-order chi connectivity index (χ0) is 17.2. The van der Waals surface area contributed by atoms with Crippen molar-refractivity contribution >= 4 is 10.1 Å². The van der Waals surface area contributed by atoms with Crippen molar-refractivity contribution in [3.63, 3.8) is 0 Å². The molecule has 0 aliphatic heterocycles. The summed E-state index contributed by atoms with van der Waals surface area (Å²) in [7, 11) is -2.04. The third kappa shape index (κ3) is 3.62. The summed E-state index contributed by atoms with van der Waals surface area (Å²) in [4.78, 5) is 0.210. The molecule has 1 aliphatic carbocycles. The standard InChI is InChI=1S/C19H22O4S/c1-14-6-10-17(11-7-14)24(20,21)23-13-15-8-9-16-4-3-5-19(22-2)18(16)12-15/h3-7,10-11,15H,8-9,12-13H2,1-2H3. The lowest BCUT2D eigenvalue weighted by Crippen LogP contribution is -2.22. The van der Waals surface area contributed by atoms with Crippen molar-refractivity contribution in [3.8, 4) is 5.75 Å². The van der Waals surface area contributed by atoms with Gasteiger partial charge in [-0.3, -0.25) is 4.18 Å². The predicted octanol–water partition coefficient (Wildman–Crippen LogP) is 3.51. The predicted molar refractivity (Wildman–Crippen MR) is 92.8 cm³/mol. The van der Waals surface area contributed by atoms with Crippen LogP contribution in [0, 0.1) is 12.8 Å². The monoisotopic (exact) mass is 346 g/mol. The van der Waals surface area contributed by atoms with Gasteiger partial charge in [-0.05, 0) is 61.4 Å². The van der Waals surface area contributed by atoms with E-state index >= 15 is 0 Å². The molecule has 0 amide bonds. The number of fused-ring (bicyclic) bond motifs is 1. The van der Waals surface area contributed by atoms with Gasteiger partial charge in [-0.25, -0.2) is 0 Å². The van der Waals surface area contributed by atoms with Gasteiger partial charge in [0.2, 0.25) is 0 Å². The molecule has 0 saturated heterocycles. The quantitative estimate of drug-likeness (QED) is 0.778. The Labute approximate surface area is 143 Å². The first-order chi connectivity index (χ1) is 11.5. The highest BCUT2D eigenvalue weighted by Gasteiger charge is 2.24. The summed E-state index contributed by atoms with van der Waals surface area (Å²) in [5.41, 5.74) is 3.48. The Bertz CT molecular complexity index is 796. The average molecular weight is 346 g/mol. The van der Waals surface area contributed by atoms with Gasteiger partial charge < -0.3 is 4.74 Å². The van der Waals surface area contributed by atoms with Crippen molar-refractivity contribution in [2.75, 3.05) is 13.7 Å². The first-order valence-corrected chi connectivity index (χ1v) is 9.51. The minimum Gasteiger partial charge on any atom is -0.496 e. The number of benzene rings is 2. The summed E-state index contributed by atoms with van der Waals surface area (Å²) in [5, 5.41) is 0. The van der Waals surface area contributed by atoms with E-state index in [2.05, 4.69) is 6.07 Å². The number of ether oxygens (including phenoxy) is 1. The maximum absolute atomic E-state index is 12.3. The molecular weight excluding hydrogens is 324 g/mol. The molecule has 2 aromatic rings. The molecule has 1 aliphatic rings. The van der Waals surface area contributed by atoms with Crippen molar-refractivity contribution in [1.82, 2.24) is 0 Å². The van der Waals surface area contributed by atoms with Crippen molar-refractivity contribution in [2.24, 2.45) is 5.92 Å². The van der Waals surface area contributed by atoms with E-state index in [1.807, 2.05) is 19.1 Å². The summed E-state index contributed by atoms with van der Waals surface area (Å²) in [6.07, 6.45) is 2.62. The van der Waals surface area contributed by atoms with Crippen LogP contribution in [0.5, 0.6) is 5.75 Å². The summed E-state index contributed by atoms with van der Waals surface area (Å²) >= 11 is 0. The lowest BCUT2D eigenvalue weighted by Gasteiger charge is -2.25. The number of hydrogen-bond donors (Lipinski definition) is 0. The highest BCUT2D eigenvalue weighted by atomic mass is 32.2. The molecular formula is C19H22O4S. The Hall–Kier alpha value is -1.85. The molecule has 0 N–H and O–H groups in total. The van der Waals surface area contributed by atoms with Gasteiger partial charge in [0.15, 0.2) is 0 Å². The lowest BCUT2D eigenvalue weighted by atomic mass is 9.84. The zero-order valence-electron chi connectivity index (χ0n) is 14.0. The van der Waals surface area contributed by atoms with Gasteiger partial charge >= 0.3 is 0 Å². The lowest BCUT2D eigenvalue weighted by molar-refractivity contribution is 0.237. The Balaban J connectivity index is 1.68. The number of rotatable bonds is 5. The second kappa shape index (κ2) is 6.95. The third-order valence-corrected chi connectivity index (χ3v) is 5.83. The van der Waals surface area contributed by atoms with E-state index in [0.29, 0.717) is 0 Å². The van der Waals surface area contributed by atoms with Crippen molar-refractivity contribution in [1.29, 1.82) is 0 Å². The second-order valence-corrected chi connectivity index (χ2v) is 7.87. The van der Waals surface area contributed by atoms with E-state index < -0.39 is 10.1 Å². The molecule has 128 valence electrons. The molecule has 2 aromatic carbocycles. The Morgan fingerprint density at radius 2 is 1.88 bits per heavy atom.